The van der Waals surface area contributed by atoms with Crippen molar-refractivity contribution in [2.75, 3.05) is 17.3 Å². The summed E-state index contributed by atoms with van der Waals surface area (Å²) >= 11 is 1.66. The van der Waals surface area contributed by atoms with Gasteiger partial charge in [0.1, 0.15) is 23.5 Å². The van der Waals surface area contributed by atoms with Gasteiger partial charge >= 0.3 is 5.69 Å². The molecule has 0 saturated carbocycles. The van der Waals surface area contributed by atoms with Crippen LogP contribution in [-0.4, -0.2) is 28.2 Å². The van der Waals surface area contributed by atoms with Crippen LogP contribution in [0.25, 0.3) is 0 Å². The zero-order valence-corrected chi connectivity index (χ0v) is 19.3. The molecular formula is C22H30N6O2S. The van der Waals surface area contributed by atoms with Gasteiger partial charge in [-0.3, -0.25) is 18.9 Å². The molecule has 2 aromatic heterocycles. The minimum Gasteiger partial charge on any atom is -0.354 e. The van der Waals surface area contributed by atoms with Crippen LogP contribution in [0, 0.1) is 0 Å². The van der Waals surface area contributed by atoms with Crippen LogP contribution in [-0.2, 0) is 19.6 Å². The van der Waals surface area contributed by atoms with Gasteiger partial charge in [-0.05, 0) is 43.4 Å². The van der Waals surface area contributed by atoms with Gasteiger partial charge in [-0.25, -0.2) is 4.79 Å². The van der Waals surface area contributed by atoms with Crippen molar-refractivity contribution in [1.82, 2.24) is 14.5 Å². The second kappa shape index (κ2) is 9.82. The number of nitrogens with zero attached hydrogens (tertiary/aromatic N) is 4. The number of hydrogen-bond acceptors (Lipinski definition) is 6. The fraction of sp³-hybridized carbons (Fsp3) is 0.409. The Morgan fingerprint density at radius 3 is 2.74 bits per heavy atom. The molecule has 0 fully saturated rings. The van der Waals surface area contributed by atoms with Crippen molar-refractivity contribution < 1.29 is 0 Å². The number of amidine groups is 1. The Bertz CT molecular complexity index is 1110. The van der Waals surface area contributed by atoms with Crippen molar-refractivity contribution in [3.8, 4) is 0 Å². The number of aliphatic imine (C=N–C) groups is 1. The van der Waals surface area contributed by atoms with Crippen LogP contribution in [0.5, 0.6) is 0 Å². The number of aromatic nitrogens is 2. The number of fused-ring (bicyclic) bond motifs is 1. The molecule has 1 aliphatic rings. The molecule has 3 heterocycles. The maximum atomic E-state index is 12.9. The van der Waals surface area contributed by atoms with Crippen LogP contribution in [0.4, 0.5) is 11.5 Å². The van der Waals surface area contributed by atoms with Crippen molar-refractivity contribution in [2.24, 2.45) is 4.99 Å². The van der Waals surface area contributed by atoms with Gasteiger partial charge in [-0.15, -0.1) is 11.3 Å². The maximum Gasteiger partial charge on any atom is 0.332 e. The van der Waals surface area contributed by atoms with E-state index in [1.807, 2.05) is 56.4 Å². The van der Waals surface area contributed by atoms with Crippen LogP contribution in [0.15, 0.2) is 56.5 Å². The number of anilines is 2. The van der Waals surface area contributed by atoms with Crippen LogP contribution in [0.1, 0.15) is 32.1 Å². The van der Waals surface area contributed by atoms with Gasteiger partial charge in [-0.1, -0.05) is 19.6 Å². The largest absolute Gasteiger partial charge is 0.354 e. The predicted octanol–water partition coefficient (Wildman–Crippen LogP) is 2.97. The Morgan fingerprint density at radius 1 is 1.35 bits per heavy atom. The van der Waals surface area contributed by atoms with Crippen LogP contribution in [0.3, 0.4) is 0 Å². The number of hydrogen-bond donors (Lipinski definition) is 2. The Balaban J connectivity index is 1.86. The zero-order chi connectivity index (χ0) is 22.5. The van der Waals surface area contributed by atoms with E-state index in [0.717, 1.165) is 12.0 Å². The van der Waals surface area contributed by atoms with Gasteiger partial charge in [0.25, 0.3) is 5.56 Å². The van der Waals surface area contributed by atoms with Crippen molar-refractivity contribution in [3.05, 3.63) is 67.7 Å². The molecule has 2 aromatic rings. The van der Waals surface area contributed by atoms with Gasteiger partial charge in [0, 0.05) is 31.2 Å². The number of rotatable bonds is 8. The fourth-order valence-corrected chi connectivity index (χ4v) is 4.29. The average Bonchev–Trinajstić information content (AvgIpc) is 3.40. The molecule has 0 bridgehead atoms. The lowest BCUT2D eigenvalue weighted by atomic mass is 10.2. The molecule has 0 radical (unpaired) electrons. The third-order valence-corrected chi connectivity index (χ3v) is 6.08. The summed E-state index contributed by atoms with van der Waals surface area (Å²) in [6.07, 6.45) is 4.08. The summed E-state index contributed by atoms with van der Waals surface area (Å²) in [6, 6.07) is 4.05. The molecule has 0 aromatic carbocycles. The Labute approximate surface area is 186 Å². The molecule has 0 saturated heterocycles. The maximum absolute atomic E-state index is 12.9. The number of nitrogens with one attached hydrogen (secondary N) is 2. The van der Waals surface area contributed by atoms with Gasteiger partial charge in [0.05, 0.1) is 6.54 Å². The molecule has 1 unspecified atom stereocenters. The highest BCUT2D eigenvalue weighted by Gasteiger charge is 2.33. The molecule has 8 nitrogen and oxygen atoms in total. The number of thiophene rings is 1. The highest BCUT2D eigenvalue weighted by atomic mass is 32.1. The highest BCUT2D eigenvalue weighted by molar-refractivity contribution is 7.09. The second-order valence-electron chi connectivity index (χ2n) is 7.36. The van der Waals surface area contributed by atoms with E-state index in [2.05, 4.69) is 22.2 Å². The average molecular weight is 443 g/mol. The Hall–Kier alpha value is -3.07. The zero-order valence-electron chi connectivity index (χ0n) is 18.5. The normalized spacial score (nSPS) is 16.3. The van der Waals surface area contributed by atoms with Gasteiger partial charge in [0.2, 0.25) is 0 Å². The molecule has 9 heteroatoms. The fourth-order valence-electron chi connectivity index (χ4n) is 3.66. The molecule has 1 aliphatic heterocycles. The van der Waals surface area contributed by atoms with E-state index in [1.54, 1.807) is 22.0 Å². The molecule has 0 amide bonds. The van der Waals surface area contributed by atoms with Gasteiger partial charge in [-0.2, -0.15) is 0 Å². The Kier molecular flexibility index (Phi) is 7.17. The van der Waals surface area contributed by atoms with Crippen molar-refractivity contribution in [3.63, 3.8) is 0 Å². The third kappa shape index (κ3) is 4.51. The minimum absolute atomic E-state index is 0.256. The van der Waals surface area contributed by atoms with E-state index in [-0.39, 0.29) is 17.4 Å². The van der Waals surface area contributed by atoms with Crippen LogP contribution in [0.2, 0.25) is 0 Å². The first kappa shape index (κ1) is 22.6. The smallest absolute Gasteiger partial charge is 0.332 e. The van der Waals surface area contributed by atoms with Crippen molar-refractivity contribution in [2.45, 2.75) is 53.0 Å². The summed E-state index contributed by atoms with van der Waals surface area (Å²) in [5, 5.41) is 8.54. The topological polar surface area (TPSA) is 83.7 Å². The molecule has 0 aliphatic carbocycles. The highest BCUT2D eigenvalue weighted by Crippen LogP contribution is 2.32. The van der Waals surface area contributed by atoms with E-state index >= 15 is 0 Å². The van der Waals surface area contributed by atoms with E-state index < -0.39 is 0 Å². The first-order chi connectivity index (χ1) is 14.9. The lowest BCUT2D eigenvalue weighted by Crippen LogP contribution is -2.41. The minimum atomic E-state index is -0.283. The first-order valence-electron chi connectivity index (χ1n) is 10.4. The second-order valence-corrected chi connectivity index (χ2v) is 8.39. The SMILES string of the molecule is C=CC(=NCc1cccs1)N/C=C(\C)C1Nc2c(n(CCC)c(=O)n(CC)c2=O)N1C. The molecule has 31 heavy (non-hydrogen) atoms. The standard InChI is InChI=1S/C22H30N6O2S/c1-6-11-28-20-18(21(29)27(8-3)22(28)30)25-19(26(20)5)15(4)13-23-17(7-2)24-14-16-10-9-12-31-16/h7,9-10,12-13,19,25H,2,6,8,11,14H2,1,3-5H3,(H,23,24)/b15-13+. The van der Waals surface area contributed by atoms with E-state index in [0.29, 0.717) is 37.0 Å². The summed E-state index contributed by atoms with van der Waals surface area (Å²) in [4.78, 5) is 33.4. The van der Waals surface area contributed by atoms with Gasteiger partial charge in [0.15, 0.2) is 0 Å². The molecule has 0 spiro atoms. The molecule has 2 N–H and O–H groups in total. The molecule has 1 atom stereocenters. The monoisotopic (exact) mass is 442 g/mol. The summed E-state index contributed by atoms with van der Waals surface area (Å²) in [6.45, 7) is 11.1. The van der Waals surface area contributed by atoms with E-state index in [9.17, 15) is 9.59 Å². The van der Waals surface area contributed by atoms with Crippen molar-refractivity contribution >= 4 is 28.7 Å². The predicted molar refractivity (Wildman–Crippen MR) is 129 cm³/mol. The first-order valence-corrected chi connectivity index (χ1v) is 11.3. The van der Waals surface area contributed by atoms with E-state index in [4.69, 9.17) is 0 Å². The lowest BCUT2D eigenvalue weighted by Gasteiger charge is -2.24. The molecule has 3 rings (SSSR count). The van der Waals surface area contributed by atoms with Crippen LogP contribution < -0.4 is 26.8 Å². The lowest BCUT2D eigenvalue weighted by molar-refractivity contribution is 0.565. The quantitative estimate of drug-likeness (QED) is 0.485. The van der Waals surface area contributed by atoms with Crippen molar-refractivity contribution in [1.29, 1.82) is 0 Å². The summed E-state index contributed by atoms with van der Waals surface area (Å²) in [5.41, 5.74) is 0.860. The third-order valence-electron chi connectivity index (χ3n) is 5.22. The Morgan fingerprint density at radius 2 is 2.13 bits per heavy atom. The number of likely N-dealkylation sites (N-methyl/N-ethyl adjacent to an activating group) is 1. The van der Waals surface area contributed by atoms with E-state index in [1.165, 1.54) is 9.44 Å². The molecule has 166 valence electrons. The summed E-state index contributed by atoms with van der Waals surface area (Å²) < 4.78 is 2.97. The summed E-state index contributed by atoms with van der Waals surface area (Å²) in [7, 11) is 1.89. The van der Waals surface area contributed by atoms with Crippen LogP contribution >= 0.6 is 11.3 Å². The summed E-state index contributed by atoms with van der Waals surface area (Å²) in [5.74, 6) is 1.30. The van der Waals surface area contributed by atoms with Gasteiger partial charge < -0.3 is 15.5 Å². The molecular weight excluding hydrogens is 412 g/mol.